The minimum Gasteiger partial charge on any atom is -0.192 e. The van der Waals surface area contributed by atoms with Crippen LogP contribution in [0, 0.1) is 6.92 Å². The average molecular weight is 260 g/mol. The molecule has 0 amide bonds. The Morgan fingerprint density at radius 3 is 2.59 bits per heavy atom. The van der Waals surface area contributed by atoms with E-state index in [-0.39, 0.29) is 0 Å². The summed E-state index contributed by atoms with van der Waals surface area (Å²) in [6.45, 7) is 2.09. The maximum atomic E-state index is 6.04. The van der Waals surface area contributed by atoms with Gasteiger partial charge in [-0.05, 0) is 42.2 Å². The molecule has 2 aromatic carbocycles. The number of benzene rings is 2. The second kappa shape index (κ2) is 4.13. The number of aryl methyl sites for hydroxylation is 1. The van der Waals surface area contributed by atoms with Crippen molar-refractivity contribution in [3.63, 3.8) is 0 Å². The molecule has 0 aliphatic rings. The van der Waals surface area contributed by atoms with Crippen LogP contribution in [0.1, 0.15) is 5.56 Å². The van der Waals surface area contributed by atoms with E-state index in [0.717, 1.165) is 15.9 Å². The fourth-order valence-electron chi connectivity index (χ4n) is 1.83. The summed E-state index contributed by atoms with van der Waals surface area (Å²) in [6, 6.07) is 14.3. The first-order valence-corrected chi connectivity index (χ1v) is 6.51. The quantitative estimate of drug-likeness (QED) is 0.604. The molecule has 0 saturated heterocycles. The summed E-state index contributed by atoms with van der Waals surface area (Å²) in [7, 11) is 0. The Labute approximate surface area is 109 Å². The van der Waals surface area contributed by atoms with Crippen molar-refractivity contribution in [3.05, 3.63) is 53.1 Å². The number of hydrogen-bond donors (Lipinski definition) is 0. The number of nitrogens with zero attached hydrogens (tertiary/aromatic N) is 1. The Bertz CT molecular complexity index is 670. The van der Waals surface area contributed by atoms with Gasteiger partial charge < -0.3 is 0 Å². The predicted molar refractivity (Wildman–Crippen MR) is 74.8 cm³/mol. The first kappa shape index (κ1) is 10.8. The van der Waals surface area contributed by atoms with E-state index in [4.69, 9.17) is 11.6 Å². The van der Waals surface area contributed by atoms with Gasteiger partial charge in [-0.3, -0.25) is 0 Å². The van der Waals surface area contributed by atoms with Crippen LogP contribution in [0.5, 0.6) is 0 Å². The molecule has 3 aromatic rings. The second-order valence-corrected chi connectivity index (χ2v) is 5.25. The zero-order chi connectivity index (χ0) is 11.8. The van der Waals surface area contributed by atoms with Gasteiger partial charge in [0.2, 0.25) is 0 Å². The minimum absolute atomic E-state index is 0.756. The topological polar surface area (TPSA) is 12.9 Å². The molecule has 0 bridgehead atoms. The lowest BCUT2D eigenvalue weighted by atomic mass is 10.1. The Morgan fingerprint density at radius 2 is 1.82 bits per heavy atom. The van der Waals surface area contributed by atoms with Crippen molar-refractivity contribution < 1.29 is 0 Å². The van der Waals surface area contributed by atoms with Crippen LogP contribution in [0.3, 0.4) is 0 Å². The lowest BCUT2D eigenvalue weighted by Crippen LogP contribution is -1.75. The molecule has 84 valence electrons. The van der Waals surface area contributed by atoms with E-state index in [0.29, 0.717) is 0 Å². The minimum atomic E-state index is 0.756. The maximum Gasteiger partial charge on any atom is 0.0848 e. The molecule has 0 atom stereocenters. The van der Waals surface area contributed by atoms with Gasteiger partial charge in [0.1, 0.15) is 0 Å². The van der Waals surface area contributed by atoms with Gasteiger partial charge in [0.25, 0.3) is 0 Å². The van der Waals surface area contributed by atoms with Gasteiger partial charge in [0.05, 0.1) is 10.4 Å². The molecule has 3 heteroatoms. The van der Waals surface area contributed by atoms with Crippen LogP contribution < -0.4 is 0 Å². The fourth-order valence-corrected chi connectivity index (χ4v) is 2.85. The Morgan fingerprint density at radius 1 is 1.06 bits per heavy atom. The van der Waals surface area contributed by atoms with Crippen LogP contribution in [0.4, 0.5) is 0 Å². The summed E-state index contributed by atoms with van der Waals surface area (Å²) >= 11 is 7.56. The first-order chi connectivity index (χ1) is 8.24. The van der Waals surface area contributed by atoms with Crippen LogP contribution in [0.2, 0.25) is 5.02 Å². The van der Waals surface area contributed by atoms with Crippen LogP contribution in [0.15, 0.2) is 42.5 Å². The molecule has 0 radical (unpaired) electrons. The Hall–Kier alpha value is -1.38. The standard InChI is InChI=1S/C14H10ClNS/c1-9-2-4-10(5-3-9)14-12-8-11(15)6-7-13(12)16-17-14/h2-8H,1H3. The Balaban J connectivity index is 2.23. The molecule has 0 unspecified atom stereocenters. The number of hydrogen-bond acceptors (Lipinski definition) is 2. The molecule has 0 aliphatic heterocycles. The van der Waals surface area contributed by atoms with E-state index >= 15 is 0 Å². The van der Waals surface area contributed by atoms with Crippen LogP contribution in [-0.4, -0.2) is 4.37 Å². The van der Waals surface area contributed by atoms with E-state index < -0.39 is 0 Å². The summed E-state index contributed by atoms with van der Waals surface area (Å²) in [6.07, 6.45) is 0. The van der Waals surface area contributed by atoms with E-state index in [2.05, 4.69) is 35.6 Å². The molecule has 0 saturated carbocycles. The van der Waals surface area contributed by atoms with Crippen LogP contribution >= 0.6 is 23.1 Å². The largest absolute Gasteiger partial charge is 0.192 e. The SMILES string of the molecule is Cc1ccc(-c2snc3ccc(Cl)cc23)cc1. The third-order valence-electron chi connectivity index (χ3n) is 2.75. The lowest BCUT2D eigenvalue weighted by molar-refractivity contribution is 1.48. The fraction of sp³-hybridized carbons (Fsp3) is 0.0714. The van der Waals surface area contributed by atoms with E-state index in [1.54, 1.807) is 0 Å². The smallest absolute Gasteiger partial charge is 0.0848 e. The molecule has 0 aliphatic carbocycles. The van der Waals surface area contributed by atoms with Gasteiger partial charge in [-0.25, -0.2) is 0 Å². The van der Waals surface area contributed by atoms with E-state index in [9.17, 15) is 0 Å². The highest BCUT2D eigenvalue weighted by molar-refractivity contribution is 7.11. The van der Waals surface area contributed by atoms with Gasteiger partial charge in [0, 0.05) is 10.4 Å². The van der Waals surface area contributed by atoms with Gasteiger partial charge in [0.15, 0.2) is 0 Å². The normalized spacial score (nSPS) is 10.9. The molecular formula is C14H10ClNS. The molecule has 1 nitrogen and oxygen atoms in total. The molecule has 1 heterocycles. The van der Waals surface area contributed by atoms with Crippen molar-refractivity contribution in [1.29, 1.82) is 0 Å². The highest BCUT2D eigenvalue weighted by Crippen LogP contribution is 2.33. The summed E-state index contributed by atoms with van der Waals surface area (Å²) in [5.41, 5.74) is 3.47. The molecule has 1 aromatic heterocycles. The number of rotatable bonds is 1. The van der Waals surface area contributed by atoms with Crippen molar-refractivity contribution in [2.45, 2.75) is 6.92 Å². The Kier molecular flexibility index (Phi) is 2.61. The predicted octanol–water partition coefficient (Wildman–Crippen LogP) is 4.93. The van der Waals surface area contributed by atoms with Crippen molar-refractivity contribution in [2.24, 2.45) is 0 Å². The third kappa shape index (κ3) is 1.94. The van der Waals surface area contributed by atoms with Crippen molar-refractivity contribution in [1.82, 2.24) is 4.37 Å². The van der Waals surface area contributed by atoms with Gasteiger partial charge in [-0.15, -0.1) is 0 Å². The monoisotopic (exact) mass is 259 g/mol. The summed E-state index contributed by atoms with van der Waals surface area (Å²) in [5.74, 6) is 0. The summed E-state index contributed by atoms with van der Waals surface area (Å²) in [5, 5.41) is 1.89. The zero-order valence-corrected chi connectivity index (χ0v) is 10.8. The maximum absolute atomic E-state index is 6.04. The molecule has 17 heavy (non-hydrogen) atoms. The van der Waals surface area contributed by atoms with Gasteiger partial charge >= 0.3 is 0 Å². The van der Waals surface area contributed by atoms with Crippen molar-refractivity contribution in [2.75, 3.05) is 0 Å². The number of halogens is 1. The molecule has 3 rings (SSSR count). The zero-order valence-electron chi connectivity index (χ0n) is 9.27. The molecule has 0 spiro atoms. The van der Waals surface area contributed by atoms with E-state index in [1.165, 1.54) is 27.5 Å². The average Bonchev–Trinajstić information content (AvgIpc) is 2.73. The van der Waals surface area contributed by atoms with Gasteiger partial charge in [-0.2, -0.15) is 4.37 Å². The highest BCUT2D eigenvalue weighted by Gasteiger charge is 2.08. The molecular weight excluding hydrogens is 250 g/mol. The summed E-state index contributed by atoms with van der Waals surface area (Å²) in [4.78, 5) is 1.18. The second-order valence-electron chi connectivity index (χ2n) is 4.04. The lowest BCUT2D eigenvalue weighted by Gasteiger charge is -1.99. The van der Waals surface area contributed by atoms with E-state index in [1.807, 2.05) is 18.2 Å². The first-order valence-electron chi connectivity index (χ1n) is 5.36. The summed E-state index contributed by atoms with van der Waals surface area (Å²) < 4.78 is 4.44. The van der Waals surface area contributed by atoms with Crippen LogP contribution in [0.25, 0.3) is 21.3 Å². The van der Waals surface area contributed by atoms with Crippen LogP contribution in [-0.2, 0) is 0 Å². The van der Waals surface area contributed by atoms with Gasteiger partial charge in [-0.1, -0.05) is 41.4 Å². The van der Waals surface area contributed by atoms with Crippen molar-refractivity contribution >= 4 is 34.0 Å². The van der Waals surface area contributed by atoms with Crippen molar-refractivity contribution in [3.8, 4) is 10.4 Å². The highest BCUT2D eigenvalue weighted by atomic mass is 35.5. The third-order valence-corrected chi connectivity index (χ3v) is 3.91. The molecule has 0 fully saturated rings. The number of fused-ring (bicyclic) bond motifs is 1. The number of aromatic nitrogens is 1. The molecule has 0 N–H and O–H groups in total.